The molecule has 0 unspecified atom stereocenters. The van der Waals surface area contributed by atoms with Crippen LogP contribution in [0.2, 0.25) is 0 Å². The molecule has 0 atom stereocenters. The molecule has 0 fully saturated rings. The van der Waals surface area contributed by atoms with E-state index in [2.05, 4.69) is 9.97 Å². The van der Waals surface area contributed by atoms with Crippen LogP contribution in [0.3, 0.4) is 0 Å². The second kappa shape index (κ2) is 3.31. The highest BCUT2D eigenvalue weighted by Gasteiger charge is 2.03. The topological polar surface area (TPSA) is 31.9 Å². The van der Waals surface area contributed by atoms with Crippen LogP contribution in [0.4, 0.5) is 11.6 Å². The van der Waals surface area contributed by atoms with Crippen LogP contribution in [0.25, 0.3) is 0 Å². The second-order valence-electron chi connectivity index (χ2n) is 2.81. The summed E-state index contributed by atoms with van der Waals surface area (Å²) < 4.78 is 0. The molecule has 0 aliphatic carbocycles. The average Bonchev–Trinajstić information content (AvgIpc) is 2.71. The minimum atomic E-state index is 0.853. The molecule has 66 valence electrons. The van der Waals surface area contributed by atoms with E-state index in [-0.39, 0.29) is 0 Å². The molecule has 0 saturated carbocycles. The van der Waals surface area contributed by atoms with Gasteiger partial charge in [-0.3, -0.25) is 0 Å². The Morgan fingerprint density at radius 3 is 2.62 bits per heavy atom. The lowest BCUT2D eigenvalue weighted by Gasteiger charge is -2.15. The number of aromatic nitrogens is 2. The Kier molecular flexibility index (Phi) is 2.00. The van der Waals surface area contributed by atoms with Gasteiger partial charge in [0.15, 0.2) is 0 Å². The molecule has 0 bridgehead atoms. The molecule has 2 rings (SSSR count). The molecular weight excluding hydrogens is 162 g/mol. The third kappa shape index (κ3) is 1.54. The number of imidazole rings is 1. The average molecular weight is 173 g/mol. The normalized spacial score (nSPS) is 9.92. The molecule has 1 aromatic heterocycles. The quantitative estimate of drug-likeness (QED) is 0.754. The van der Waals surface area contributed by atoms with Crippen molar-refractivity contribution in [2.75, 3.05) is 11.9 Å². The number of hydrogen-bond donors (Lipinski definition) is 1. The van der Waals surface area contributed by atoms with Crippen LogP contribution in [-0.2, 0) is 0 Å². The van der Waals surface area contributed by atoms with Gasteiger partial charge in [0.2, 0.25) is 5.95 Å². The van der Waals surface area contributed by atoms with Crippen molar-refractivity contribution in [3.63, 3.8) is 0 Å². The van der Waals surface area contributed by atoms with Gasteiger partial charge in [-0.05, 0) is 12.1 Å². The molecule has 1 heterocycles. The summed E-state index contributed by atoms with van der Waals surface area (Å²) in [4.78, 5) is 9.21. The van der Waals surface area contributed by atoms with Crippen LogP contribution in [0.1, 0.15) is 0 Å². The first-order valence-electron chi connectivity index (χ1n) is 4.16. The number of aromatic amines is 1. The number of nitrogens with zero attached hydrogens (tertiary/aromatic N) is 2. The number of rotatable bonds is 2. The van der Waals surface area contributed by atoms with Gasteiger partial charge in [0, 0.05) is 25.1 Å². The summed E-state index contributed by atoms with van der Waals surface area (Å²) in [5.41, 5.74) is 1.12. The van der Waals surface area contributed by atoms with Crippen molar-refractivity contribution < 1.29 is 0 Å². The van der Waals surface area contributed by atoms with E-state index >= 15 is 0 Å². The predicted octanol–water partition coefficient (Wildman–Crippen LogP) is 2.18. The smallest absolute Gasteiger partial charge is 0.207 e. The first-order chi connectivity index (χ1) is 6.38. The molecule has 13 heavy (non-hydrogen) atoms. The van der Waals surface area contributed by atoms with Gasteiger partial charge < -0.3 is 9.88 Å². The van der Waals surface area contributed by atoms with Gasteiger partial charge in [0.05, 0.1) is 0 Å². The molecule has 1 N–H and O–H groups in total. The Hall–Kier alpha value is -1.77. The van der Waals surface area contributed by atoms with Crippen molar-refractivity contribution >= 4 is 11.6 Å². The molecule has 0 amide bonds. The third-order valence-corrected chi connectivity index (χ3v) is 1.94. The zero-order valence-electron chi connectivity index (χ0n) is 7.44. The van der Waals surface area contributed by atoms with E-state index < -0.39 is 0 Å². The Morgan fingerprint density at radius 1 is 1.23 bits per heavy atom. The molecule has 1 aromatic carbocycles. The number of hydrogen-bond acceptors (Lipinski definition) is 2. The molecule has 3 heteroatoms. The minimum absolute atomic E-state index is 0.853. The largest absolute Gasteiger partial charge is 0.331 e. The minimum Gasteiger partial charge on any atom is -0.331 e. The highest BCUT2D eigenvalue weighted by atomic mass is 15.2. The van der Waals surface area contributed by atoms with Crippen molar-refractivity contribution in [3.05, 3.63) is 42.7 Å². The summed E-state index contributed by atoms with van der Waals surface area (Å²) in [5, 5.41) is 0. The second-order valence-corrected chi connectivity index (χ2v) is 2.81. The predicted molar refractivity (Wildman–Crippen MR) is 53.1 cm³/mol. The van der Waals surface area contributed by atoms with Crippen LogP contribution in [-0.4, -0.2) is 17.0 Å². The van der Waals surface area contributed by atoms with Gasteiger partial charge in [-0.15, -0.1) is 0 Å². The lowest BCUT2D eigenvalue weighted by molar-refractivity contribution is 1.10. The summed E-state index contributed by atoms with van der Waals surface area (Å²) >= 11 is 0. The maximum absolute atomic E-state index is 4.16. The van der Waals surface area contributed by atoms with Crippen LogP contribution < -0.4 is 4.90 Å². The summed E-state index contributed by atoms with van der Waals surface area (Å²) in [6, 6.07) is 10.1. The van der Waals surface area contributed by atoms with Crippen molar-refractivity contribution in [3.8, 4) is 0 Å². The fraction of sp³-hybridized carbons (Fsp3) is 0.100. The van der Waals surface area contributed by atoms with Gasteiger partial charge in [-0.25, -0.2) is 4.98 Å². The first kappa shape index (κ1) is 7.86. The van der Waals surface area contributed by atoms with E-state index in [0.717, 1.165) is 11.6 Å². The number of benzene rings is 1. The van der Waals surface area contributed by atoms with E-state index in [1.807, 2.05) is 48.5 Å². The van der Waals surface area contributed by atoms with Gasteiger partial charge in [-0.1, -0.05) is 18.2 Å². The Bertz CT molecular complexity index is 353. The summed E-state index contributed by atoms with van der Waals surface area (Å²) in [5.74, 6) is 0.853. The van der Waals surface area contributed by atoms with Crippen molar-refractivity contribution in [1.29, 1.82) is 0 Å². The zero-order chi connectivity index (χ0) is 9.10. The van der Waals surface area contributed by atoms with E-state index in [4.69, 9.17) is 0 Å². The van der Waals surface area contributed by atoms with Crippen LogP contribution in [0, 0.1) is 0 Å². The van der Waals surface area contributed by atoms with E-state index in [1.54, 1.807) is 6.20 Å². The van der Waals surface area contributed by atoms with E-state index in [1.165, 1.54) is 0 Å². The lowest BCUT2D eigenvalue weighted by Crippen LogP contribution is -2.10. The maximum atomic E-state index is 4.16. The van der Waals surface area contributed by atoms with Gasteiger partial charge in [-0.2, -0.15) is 0 Å². The summed E-state index contributed by atoms with van der Waals surface area (Å²) in [6.45, 7) is 0. The number of nitrogens with one attached hydrogen (secondary N) is 1. The number of para-hydroxylation sites is 1. The van der Waals surface area contributed by atoms with E-state index in [0.29, 0.717) is 0 Å². The van der Waals surface area contributed by atoms with Crippen molar-refractivity contribution in [2.24, 2.45) is 0 Å². The van der Waals surface area contributed by atoms with Crippen molar-refractivity contribution in [1.82, 2.24) is 9.97 Å². The van der Waals surface area contributed by atoms with E-state index in [9.17, 15) is 0 Å². The first-order valence-corrected chi connectivity index (χ1v) is 4.16. The van der Waals surface area contributed by atoms with Gasteiger partial charge >= 0.3 is 0 Å². The lowest BCUT2D eigenvalue weighted by atomic mass is 10.3. The molecule has 0 saturated heterocycles. The molecule has 0 aliphatic rings. The standard InChI is InChI=1S/C10H11N3/c1-13(10-11-7-8-12-10)9-5-3-2-4-6-9/h2-8H,1H3,(H,11,12). The fourth-order valence-corrected chi connectivity index (χ4v) is 1.21. The van der Waals surface area contributed by atoms with Gasteiger partial charge in [0.1, 0.15) is 0 Å². The third-order valence-electron chi connectivity index (χ3n) is 1.94. The number of anilines is 2. The Balaban J connectivity index is 2.29. The highest BCUT2D eigenvalue weighted by Crippen LogP contribution is 2.18. The molecule has 0 radical (unpaired) electrons. The van der Waals surface area contributed by atoms with Gasteiger partial charge in [0.25, 0.3) is 0 Å². The molecule has 2 aromatic rings. The molecular formula is C10H11N3. The van der Waals surface area contributed by atoms with Crippen LogP contribution >= 0.6 is 0 Å². The highest BCUT2D eigenvalue weighted by molar-refractivity contribution is 5.55. The number of H-pyrrole nitrogens is 1. The molecule has 3 nitrogen and oxygen atoms in total. The van der Waals surface area contributed by atoms with Crippen LogP contribution in [0.5, 0.6) is 0 Å². The Morgan fingerprint density at radius 2 is 2.00 bits per heavy atom. The zero-order valence-corrected chi connectivity index (χ0v) is 7.44. The fourth-order valence-electron chi connectivity index (χ4n) is 1.21. The monoisotopic (exact) mass is 173 g/mol. The SMILES string of the molecule is CN(c1ccccc1)c1ncc[nH]1. The summed E-state index contributed by atoms with van der Waals surface area (Å²) in [7, 11) is 1.98. The maximum Gasteiger partial charge on any atom is 0.207 e. The Labute approximate surface area is 77.0 Å². The summed E-state index contributed by atoms with van der Waals surface area (Å²) in [6.07, 6.45) is 3.56. The van der Waals surface area contributed by atoms with Crippen LogP contribution in [0.15, 0.2) is 42.7 Å². The molecule has 0 spiro atoms. The molecule has 0 aliphatic heterocycles. The van der Waals surface area contributed by atoms with Crippen molar-refractivity contribution in [2.45, 2.75) is 0 Å².